The van der Waals surface area contributed by atoms with Crippen LogP contribution in [-0.4, -0.2) is 45.0 Å². The molecule has 9 heteroatoms. The first-order chi connectivity index (χ1) is 22.9. The molecule has 0 heterocycles. The number of rotatable bonds is 19. The second kappa shape index (κ2) is 18.3. The summed E-state index contributed by atoms with van der Waals surface area (Å²) in [7, 11) is 0. The van der Waals surface area contributed by atoms with Crippen molar-refractivity contribution < 1.29 is 28.6 Å². The summed E-state index contributed by atoms with van der Waals surface area (Å²) in [6.45, 7) is 14.8. The van der Waals surface area contributed by atoms with Crippen LogP contribution in [0.15, 0.2) is 0 Å². The lowest BCUT2D eigenvalue weighted by Crippen LogP contribution is -2.51. The van der Waals surface area contributed by atoms with Crippen LogP contribution in [0.25, 0.3) is 0 Å². The van der Waals surface area contributed by atoms with Crippen molar-refractivity contribution in [1.29, 1.82) is 0 Å². The minimum atomic E-state index is -0.597. The maximum Gasteiger partial charge on any atom is 0.322 e. The predicted molar refractivity (Wildman–Crippen MR) is 225 cm³/mol. The van der Waals surface area contributed by atoms with Crippen LogP contribution in [0.4, 0.5) is 0 Å². The standard InChI is InChI=1S/C40H67I3O6/c1-8-35(7,41)31(44)47-37(23-15-16-24-37)25-17-18-26-38(42,10-3)33(46)49-40(27-19-20-28-40)34(5,6)29-30-39(43,11-4)32(45)48-36(9-2)21-13-12-14-22-36/h8-30H2,1-7H3. The Hall–Kier alpha value is 0.600. The average Bonchev–Trinajstić information content (AvgIpc) is 3.77. The van der Waals surface area contributed by atoms with Gasteiger partial charge in [0.25, 0.3) is 0 Å². The van der Waals surface area contributed by atoms with Gasteiger partial charge in [-0.1, -0.05) is 122 Å². The fraction of sp³-hybridized carbons (Fsp3) is 0.925. The SMILES string of the molecule is CCC1(OC(=O)C(I)(CC)CCC(C)(C)C2(OC(=O)C(I)(CC)CCCCC3(OC(=O)C(C)(I)CC)CCCC3)CCCC2)CCCCC1. The quantitative estimate of drug-likeness (QED) is 0.0422. The molecule has 0 aromatic rings. The smallest absolute Gasteiger partial charge is 0.322 e. The van der Waals surface area contributed by atoms with Gasteiger partial charge < -0.3 is 14.2 Å². The number of unbranched alkanes of at least 4 members (excludes halogenated alkanes) is 1. The molecular formula is C40H67I3O6. The minimum absolute atomic E-state index is 0.0623. The van der Waals surface area contributed by atoms with E-state index >= 15 is 0 Å². The monoisotopic (exact) mass is 1020 g/mol. The number of alkyl halides is 3. The van der Waals surface area contributed by atoms with Gasteiger partial charge in [-0.15, -0.1) is 0 Å². The molecule has 0 aromatic carbocycles. The van der Waals surface area contributed by atoms with Crippen LogP contribution in [0.5, 0.6) is 0 Å². The minimum Gasteiger partial charge on any atom is -0.458 e. The van der Waals surface area contributed by atoms with Gasteiger partial charge in [0.15, 0.2) is 0 Å². The van der Waals surface area contributed by atoms with Crippen molar-refractivity contribution >= 4 is 85.7 Å². The van der Waals surface area contributed by atoms with Crippen LogP contribution in [0.2, 0.25) is 0 Å². The van der Waals surface area contributed by atoms with Crippen molar-refractivity contribution in [2.24, 2.45) is 5.41 Å². The lowest BCUT2D eigenvalue weighted by molar-refractivity contribution is -0.179. The van der Waals surface area contributed by atoms with E-state index in [0.717, 1.165) is 128 Å². The lowest BCUT2D eigenvalue weighted by atomic mass is 9.69. The molecule has 49 heavy (non-hydrogen) atoms. The van der Waals surface area contributed by atoms with Crippen molar-refractivity contribution in [2.45, 2.75) is 223 Å². The highest BCUT2D eigenvalue weighted by Gasteiger charge is 2.53. The molecular weight excluding hydrogens is 957 g/mol. The second-order valence-corrected chi connectivity index (χ2v) is 23.1. The highest BCUT2D eigenvalue weighted by Crippen LogP contribution is 2.52. The van der Waals surface area contributed by atoms with Crippen molar-refractivity contribution in [1.82, 2.24) is 0 Å². The Morgan fingerprint density at radius 1 is 0.551 bits per heavy atom. The lowest BCUT2D eigenvalue weighted by Gasteiger charge is -2.46. The topological polar surface area (TPSA) is 78.9 Å². The third kappa shape index (κ3) is 10.9. The second-order valence-electron chi connectivity index (χ2n) is 16.6. The largest absolute Gasteiger partial charge is 0.458 e. The number of carbonyl (C=O) groups excluding carboxylic acids is 3. The van der Waals surface area contributed by atoms with E-state index in [1.165, 1.54) is 6.42 Å². The van der Waals surface area contributed by atoms with Crippen LogP contribution in [0, 0.1) is 5.41 Å². The Balaban J connectivity index is 1.64. The van der Waals surface area contributed by atoms with Crippen molar-refractivity contribution in [2.75, 3.05) is 0 Å². The van der Waals surface area contributed by atoms with Gasteiger partial charge in [-0.3, -0.25) is 14.4 Å². The summed E-state index contributed by atoms with van der Waals surface area (Å²) >= 11 is 6.97. The van der Waals surface area contributed by atoms with Crippen LogP contribution in [-0.2, 0) is 28.6 Å². The number of ether oxygens (including phenoxy) is 3. The molecule has 3 rings (SSSR count). The van der Waals surface area contributed by atoms with Gasteiger partial charge in [-0.2, -0.15) is 0 Å². The molecule has 0 saturated heterocycles. The zero-order valence-corrected chi connectivity index (χ0v) is 38.3. The molecule has 0 N–H and O–H groups in total. The van der Waals surface area contributed by atoms with Crippen molar-refractivity contribution in [3.63, 3.8) is 0 Å². The molecule has 0 spiro atoms. The summed E-state index contributed by atoms with van der Waals surface area (Å²) < 4.78 is 17.7. The van der Waals surface area contributed by atoms with E-state index in [-0.39, 0.29) is 34.5 Å². The average molecular weight is 1020 g/mol. The van der Waals surface area contributed by atoms with Crippen LogP contribution in [0.1, 0.15) is 196 Å². The molecule has 0 radical (unpaired) electrons. The normalized spacial score (nSPS) is 23.9. The molecule has 6 nitrogen and oxygen atoms in total. The number of carbonyl (C=O) groups is 3. The van der Waals surface area contributed by atoms with Crippen LogP contribution < -0.4 is 0 Å². The van der Waals surface area contributed by atoms with Gasteiger partial charge >= 0.3 is 17.9 Å². The van der Waals surface area contributed by atoms with E-state index in [2.05, 4.69) is 102 Å². The third-order valence-electron chi connectivity index (χ3n) is 13.0. The molecule has 284 valence electrons. The molecule has 3 atom stereocenters. The number of halogens is 3. The van der Waals surface area contributed by atoms with Gasteiger partial charge in [0.05, 0.1) is 0 Å². The number of hydrogen-bond acceptors (Lipinski definition) is 6. The first kappa shape index (κ1) is 44.0. The Labute approximate surface area is 340 Å². The molecule has 0 aliphatic heterocycles. The first-order valence-corrected chi connectivity index (χ1v) is 22.9. The predicted octanol–water partition coefficient (Wildman–Crippen LogP) is 12.5. The summed E-state index contributed by atoms with van der Waals surface area (Å²) in [4.78, 5) is 41.0. The van der Waals surface area contributed by atoms with E-state index in [4.69, 9.17) is 14.2 Å². The molecule has 3 saturated carbocycles. The van der Waals surface area contributed by atoms with Crippen molar-refractivity contribution in [3.05, 3.63) is 0 Å². The van der Waals surface area contributed by atoms with Gasteiger partial charge in [-0.25, -0.2) is 0 Å². The summed E-state index contributed by atoms with van der Waals surface area (Å²) in [5.74, 6) is -0.242. The zero-order chi connectivity index (χ0) is 36.6. The maximum atomic E-state index is 14.2. The molecule has 3 fully saturated rings. The van der Waals surface area contributed by atoms with Crippen LogP contribution >= 0.6 is 67.8 Å². The van der Waals surface area contributed by atoms with E-state index in [1.54, 1.807) is 0 Å². The summed E-state index contributed by atoms with van der Waals surface area (Å²) in [6, 6.07) is 0. The van der Waals surface area contributed by atoms with Gasteiger partial charge in [0.1, 0.15) is 27.1 Å². The van der Waals surface area contributed by atoms with Crippen LogP contribution in [0.3, 0.4) is 0 Å². The van der Waals surface area contributed by atoms with Crippen molar-refractivity contribution in [3.8, 4) is 0 Å². The van der Waals surface area contributed by atoms with E-state index in [0.29, 0.717) is 12.8 Å². The van der Waals surface area contributed by atoms with E-state index in [9.17, 15) is 14.4 Å². The maximum absolute atomic E-state index is 14.2. The number of hydrogen-bond donors (Lipinski definition) is 0. The molecule has 3 aliphatic carbocycles. The van der Waals surface area contributed by atoms with Gasteiger partial charge in [0, 0.05) is 5.41 Å². The summed E-state index contributed by atoms with van der Waals surface area (Å²) in [5.41, 5.74) is -1.49. The fourth-order valence-corrected chi connectivity index (χ4v) is 9.43. The van der Waals surface area contributed by atoms with E-state index < -0.39 is 15.9 Å². The Morgan fingerprint density at radius 3 is 1.55 bits per heavy atom. The highest BCUT2D eigenvalue weighted by atomic mass is 127. The van der Waals surface area contributed by atoms with Gasteiger partial charge in [0.2, 0.25) is 0 Å². The molecule has 0 amide bonds. The molecule has 3 unspecified atom stereocenters. The Kier molecular flexibility index (Phi) is 16.4. The third-order valence-corrected chi connectivity index (χ3v) is 17.7. The fourth-order valence-electron chi connectivity index (χ4n) is 8.45. The first-order valence-electron chi connectivity index (χ1n) is 19.7. The molecule has 0 bridgehead atoms. The highest BCUT2D eigenvalue weighted by molar-refractivity contribution is 14.1. The Morgan fingerprint density at radius 2 is 1.02 bits per heavy atom. The van der Waals surface area contributed by atoms with Gasteiger partial charge in [-0.05, 0) is 142 Å². The summed E-state index contributed by atoms with van der Waals surface area (Å²) in [6.07, 6.45) is 21.3. The molecule has 0 aromatic heterocycles. The Bertz CT molecular complexity index is 1100. The molecule has 3 aliphatic rings. The summed E-state index contributed by atoms with van der Waals surface area (Å²) in [5, 5.41) is 0. The zero-order valence-electron chi connectivity index (χ0n) is 31.8. The van der Waals surface area contributed by atoms with E-state index in [1.807, 2.05) is 13.8 Å². The number of esters is 3.